The molecule has 6 heteroatoms. The number of benzene rings is 1. The number of para-hydroxylation sites is 2. The van der Waals surface area contributed by atoms with E-state index in [4.69, 9.17) is 4.74 Å². The Morgan fingerprint density at radius 2 is 1.91 bits per heavy atom. The minimum Gasteiger partial charge on any atom is -0.492 e. The summed E-state index contributed by atoms with van der Waals surface area (Å²) < 4.78 is 5.53. The molecule has 0 aliphatic heterocycles. The number of nitrogens with zero attached hydrogens (tertiary/aromatic N) is 2. The van der Waals surface area contributed by atoms with Crippen molar-refractivity contribution in [2.45, 2.75) is 13.8 Å². The van der Waals surface area contributed by atoms with Gasteiger partial charge in [-0.25, -0.2) is 0 Å². The van der Waals surface area contributed by atoms with Crippen molar-refractivity contribution >= 4 is 17.5 Å². The monoisotopic (exact) mass is 307 g/mol. The molecule has 0 aliphatic rings. The third-order valence-corrected chi connectivity index (χ3v) is 3.02. The van der Waals surface area contributed by atoms with Gasteiger partial charge in [-0.3, -0.25) is 14.5 Å². The summed E-state index contributed by atoms with van der Waals surface area (Å²) in [5, 5.41) is 2.81. The highest BCUT2D eigenvalue weighted by Gasteiger charge is 2.19. The van der Waals surface area contributed by atoms with Gasteiger partial charge in [0.2, 0.25) is 11.8 Å². The fourth-order valence-electron chi connectivity index (χ4n) is 1.94. The fraction of sp³-hybridized carbons (Fsp3) is 0.500. The number of ether oxygens (including phenoxy) is 1. The molecule has 2 amide bonds. The Morgan fingerprint density at radius 3 is 2.50 bits per heavy atom. The molecule has 6 nitrogen and oxygen atoms in total. The Balaban J connectivity index is 2.78. The van der Waals surface area contributed by atoms with Crippen molar-refractivity contribution in [2.24, 2.45) is 0 Å². The Labute approximate surface area is 132 Å². The van der Waals surface area contributed by atoms with Crippen molar-refractivity contribution in [1.29, 1.82) is 0 Å². The van der Waals surface area contributed by atoms with Crippen LogP contribution in [0.5, 0.6) is 5.75 Å². The number of amides is 2. The molecule has 122 valence electrons. The highest BCUT2D eigenvalue weighted by atomic mass is 16.5. The molecular weight excluding hydrogens is 282 g/mol. The predicted molar refractivity (Wildman–Crippen MR) is 87.2 cm³/mol. The summed E-state index contributed by atoms with van der Waals surface area (Å²) in [4.78, 5) is 27.3. The van der Waals surface area contributed by atoms with E-state index in [0.717, 1.165) is 6.54 Å². The maximum absolute atomic E-state index is 12.0. The van der Waals surface area contributed by atoms with Gasteiger partial charge in [0.25, 0.3) is 0 Å². The molecule has 22 heavy (non-hydrogen) atoms. The van der Waals surface area contributed by atoms with Gasteiger partial charge in [-0.15, -0.1) is 0 Å². The van der Waals surface area contributed by atoms with Crippen molar-refractivity contribution in [3.63, 3.8) is 0 Å². The Hall–Kier alpha value is -2.08. The minimum absolute atomic E-state index is 0.0210. The third kappa shape index (κ3) is 5.73. The summed E-state index contributed by atoms with van der Waals surface area (Å²) in [5.74, 6) is 0.208. The van der Waals surface area contributed by atoms with Crippen LogP contribution in [0.1, 0.15) is 13.8 Å². The second-order valence-corrected chi connectivity index (χ2v) is 5.16. The SMILES string of the molecule is CCOc1ccccc1N(CC(=O)NCCN(C)C)C(C)=O. The van der Waals surface area contributed by atoms with Crippen LogP contribution in [0, 0.1) is 0 Å². The largest absolute Gasteiger partial charge is 0.492 e. The number of rotatable bonds is 8. The molecule has 0 unspecified atom stereocenters. The van der Waals surface area contributed by atoms with Crippen LogP contribution < -0.4 is 15.0 Å². The first-order valence-corrected chi connectivity index (χ1v) is 7.37. The normalized spacial score (nSPS) is 10.4. The first-order chi connectivity index (χ1) is 10.5. The molecule has 0 saturated heterocycles. The summed E-state index contributed by atoms with van der Waals surface area (Å²) >= 11 is 0. The lowest BCUT2D eigenvalue weighted by Gasteiger charge is -2.23. The summed E-state index contributed by atoms with van der Waals surface area (Å²) in [6, 6.07) is 7.22. The van der Waals surface area contributed by atoms with E-state index in [2.05, 4.69) is 5.32 Å². The number of anilines is 1. The predicted octanol–water partition coefficient (Wildman–Crippen LogP) is 1.12. The van der Waals surface area contributed by atoms with Crippen molar-refractivity contribution in [2.75, 3.05) is 45.2 Å². The number of nitrogens with one attached hydrogen (secondary N) is 1. The molecule has 1 rings (SSSR count). The van der Waals surface area contributed by atoms with E-state index in [1.165, 1.54) is 11.8 Å². The summed E-state index contributed by atoms with van der Waals surface area (Å²) in [5.41, 5.74) is 0.611. The third-order valence-electron chi connectivity index (χ3n) is 3.02. The van der Waals surface area contributed by atoms with Crippen LogP contribution in [0.2, 0.25) is 0 Å². The van der Waals surface area contributed by atoms with Gasteiger partial charge >= 0.3 is 0 Å². The number of carbonyl (C=O) groups is 2. The Bertz CT molecular complexity index is 503. The van der Waals surface area contributed by atoms with Crippen LogP contribution in [0.15, 0.2) is 24.3 Å². The van der Waals surface area contributed by atoms with Gasteiger partial charge in [0.15, 0.2) is 0 Å². The first-order valence-electron chi connectivity index (χ1n) is 7.37. The van der Waals surface area contributed by atoms with E-state index in [-0.39, 0.29) is 18.4 Å². The molecule has 0 bridgehead atoms. The average molecular weight is 307 g/mol. The second-order valence-electron chi connectivity index (χ2n) is 5.16. The van der Waals surface area contributed by atoms with Crippen molar-refractivity contribution in [3.8, 4) is 5.75 Å². The lowest BCUT2D eigenvalue weighted by atomic mass is 10.2. The van der Waals surface area contributed by atoms with Crippen LogP contribution in [0.3, 0.4) is 0 Å². The van der Waals surface area contributed by atoms with Crippen molar-refractivity contribution in [1.82, 2.24) is 10.2 Å². The molecule has 0 radical (unpaired) electrons. The molecule has 0 heterocycles. The van der Waals surface area contributed by atoms with Gasteiger partial charge in [0.1, 0.15) is 12.3 Å². The lowest BCUT2D eigenvalue weighted by Crippen LogP contribution is -2.41. The van der Waals surface area contributed by atoms with E-state index >= 15 is 0 Å². The number of carbonyl (C=O) groups excluding carboxylic acids is 2. The minimum atomic E-state index is -0.199. The van der Waals surface area contributed by atoms with Gasteiger partial charge in [0.05, 0.1) is 12.3 Å². The zero-order valence-electron chi connectivity index (χ0n) is 13.8. The molecule has 0 aromatic heterocycles. The summed E-state index contributed by atoms with van der Waals surface area (Å²) in [7, 11) is 3.87. The van der Waals surface area contributed by atoms with Crippen LogP contribution in [0.25, 0.3) is 0 Å². The fourth-order valence-corrected chi connectivity index (χ4v) is 1.94. The maximum Gasteiger partial charge on any atom is 0.240 e. The lowest BCUT2D eigenvalue weighted by molar-refractivity contribution is -0.123. The van der Waals surface area contributed by atoms with Gasteiger partial charge in [-0.05, 0) is 33.2 Å². The van der Waals surface area contributed by atoms with E-state index in [0.29, 0.717) is 24.6 Å². The maximum atomic E-state index is 12.0. The molecule has 0 saturated carbocycles. The second kappa shape index (κ2) is 9.04. The first kappa shape index (κ1) is 18.0. The van der Waals surface area contributed by atoms with E-state index < -0.39 is 0 Å². The quantitative estimate of drug-likeness (QED) is 0.782. The van der Waals surface area contributed by atoms with E-state index in [9.17, 15) is 9.59 Å². The zero-order chi connectivity index (χ0) is 16.5. The van der Waals surface area contributed by atoms with Gasteiger partial charge < -0.3 is 15.0 Å². The summed E-state index contributed by atoms with van der Waals surface area (Å²) in [6.07, 6.45) is 0. The summed E-state index contributed by atoms with van der Waals surface area (Å²) in [6.45, 7) is 5.09. The molecular formula is C16H25N3O3. The molecule has 0 fully saturated rings. The molecule has 1 aromatic carbocycles. The Morgan fingerprint density at radius 1 is 1.23 bits per heavy atom. The van der Waals surface area contributed by atoms with Crippen LogP contribution in [-0.4, -0.2) is 57.1 Å². The number of hydrogen-bond acceptors (Lipinski definition) is 4. The molecule has 1 aromatic rings. The van der Waals surface area contributed by atoms with Crippen molar-refractivity contribution in [3.05, 3.63) is 24.3 Å². The van der Waals surface area contributed by atoms with Gasteiger partial charge in [-0.1, -0.05) is 12.1 Å². The number of hydrogen-bond donors (Lipinski definition) is 1. The van der Waals surface area contributed by atoms with Crippen LogP contribution in [0.4, 0.5) is 5.69 Å². The van der Waals surface area contributed by atoms with E-state index in [1.807, 2.05) is 38.1 Å². The smallest absolute Gasteiger partial charge is 0.240 e. The van der Waals surface area contributed by atoms with E-state index in [1.54, 1.807) is 12.1 Å². The highest BCUT2D eigenvalue weighted by molar-refractivity contribution is 5.98. The number of likely N-dealkylation sites (N-methyl/N-ethyl adjacent to an activating group) is 1. The Kier molecular flexibility index (Phi) is 7.39. The topological polar surface area (TPSA) is 61.9 Å². The average Bonchev–Trinajstić information content (AvgIpc) is 2.45. The highest BCUT2D eigenvalue weighted by Crippen LogP contribution is 2.27. The molecule has 0 atom stereocenters. The standard InChI is InChI=1S/C16H25N3O3/c1-5-22-15-9-7-6-8-14(15)19(13(2)20)12-16(21)17-10-11-18(3)4/h6-9H,5,10-12H2,1-4H3,(H,17,21). The zero-order valence-corrected chi connectivity index (χ0v) is 13.8. The van der Waals surface area contributed by atoms with Crippen LogP contribution in [-0.2, 0) is 9.59 Å². The van der Waals surface area contributed by atoms with Gasteiger partial charge in [0, 0.05) is 20.0 Å². The molecule has 0 spiro atoms. The van der Waals surface area contributed by atoms with Crippen LogP contribution >= 0.6 is 0 Å². The van der Waals surface area contributed by atoms with Crippen molar-refractivity contribution < 1.29 is 14.3 Å². The molecule has 1 N–H and O–H groups in total. The molecule has 0 aliphatic carbocycles. The van der Waals surface area contributed by atoms with Gasteiger partial charge in [-0.2, -0.15) is 0 Å².